The molecule has 6 nitrogen and oxygen atoms in total. The standard InChI is InChI=1S/C16H18O6S/c1-3-21-15-9-11(5-7-13(15)17)23(19,20)12-6-8-14(18)16(10-12)22-4-2/h5-10,17-18H,3-4H2,1-2H3. The van der Waals surface area contributed by atoms with Crippen LogP contribution in [0.5, 0.6) is 23.0 Å². The quantitative estimate of drug-likeness (QED) is 0.841. The fourth-order valence-electron chi connectivity index (χ4n) is 2.00. The Morgan fingerprint density at radius 2 is 1.22 bits per heavy atom. The summed E-state index contributed by atoms with van der Waals surface area (Å²) in [5, 5.41) is 19.4. The summed E-state index contributed by atoms with van der Waals surface area (Å²) in [6, 6.07) is 7.65. The molecule has 0 radical (unpaired) electrons. The van der Waals surface area contributed by atoms with Crippen molar-refractivity contribution in [3.05, 3.63) is 36.4 Å². The minimum Gasteiger partial charge on any atom is -0.504 e. The van der Waals surface area contributed by atoms with Crippen LogP contribution >= 0.6 is 0 Å². The van der Waals surface area contributed by atoms with E-state index in [9.17, 15) is 18.6 Å². The van der Waals surface area contributed by atoms with Gasteiger partial charge in [-0.15, -0.1) is 0 Å². The highest BCUT2D eigenvalue weighted by Crippen LogP contribution is 2.34. The molecule has 0 spiro atoms. The Morgan fingerprint density at radius 3 is 1.57 bits per heavy atom. The molecular weight excluding hydrogens is 320 g/mol. The van der Waals surface area contributed by atoms with Gasteiger partial charge in [-0.1, -0.05) is 0 Å². The van der Waals surface area contributed by atoms with Crippen LogP contribution in [0.4, 0.5) is 0 Å². The molecule has 23 heavy (non-hydrogen) atoms. The third kappa shape index (κ3) is 3.50. The summed E-state index contributed by atoms with van der Waals surface area (Å²) in [6.07, 6.45) is 0. The Labute approximate surface area is 134 Å². The van der Waals surface area contributed by atoms with Gasteiger partial charge in [0, 0.05) is 12.1 Å². The van der Waals surface area contributed by atoms with Gasteiger partial charge in [0.2, 0.25) is 9.84 Å². The summed E-state index contributed by atoms with van der Waals surface area (Å²) in [5.41, 5.74) is 0. The van der Waals surface area contributed by atoms with Crippen molar-refractivity contribution in [3.8, 4) is 23.0 Å². The van der Waals surface area contributed by atoms with Gasteiger partial charge in [-0.05, 0) is 38.1 Å². The first-order valence-electron chi connectivity index (χ1n) is 7.06. The third-order valence-electron chi connectivity index (χ3n) is 3.08. The maximum absolute atomic E-state index is 12.7. The Balaban J connectivity index is 2.50. The summed E-state index contributed by atoms with van der Waals surface area (Å²) in [6.45, 7) is 4.05. The van der Waals surface area contributed by atoms with Gasteiger partial charge in [0.1, 0.15) is 0 Å². The van der Waals surface area contributed by atoms with Crippen molar-refractivity contribution in [2.24, 2.45) is 0 Å². The Bertz CT molecular complexity index is 737. The molecule has 7 heteroatoms. The van der Waals surface area contributed by atoms with E-state index < -0.39 is 9.84 Å². The molecule has 0 bridgehead atoms. The number of hydrogen-bond acceptors (Lipinski definition) is 6. The second-order valence-corrected chi connectivity index (χ2v) is 6.58. The second kappa shape index (κ2) is 6.78. The van der Waals surface area contributed by atoms with Crippen LogP contribution in [0.25, 0.3) is 0 Å². The lowest BCUT2D eigenvalue weighted by atomic mass is 10.3. The van der Waals surface area contributed by atoms with Crippen LogP contribution in [0.2, 0.25) is 0 Å². The first-order chi connectivity index (χ1) is 10.9. The average Bonchev–Trinajstić information content (AvgIpc) is 2.51. The Hall–Kier alpha value is -2.41. The van der Waals surface area contributed by atoms with Crippen molar-refractivity contribution in [1.29, 1.82) is 0 Å². The third-order valence-corrected chi connectivity index (χ3v) is 4.83. The van der Waals surface area contributed by atoms with Crippen LogP contribution in [-0.2, 0) is 9.84 Å². The molecule has 2 aromatic rings. The second-order valence-electron chi connectivity index (χ2n) is 4.63. The number of benzene rings is 2. The van der Waals surface area contributed by atoms with Crippen LogP contribution in [0, 0.1) is 0 Å². The lowest BCUT2D eigenvalue weighted by Gasteiger charge is -2.11. The van der Waals surface area contributed by atoms with E-state index in [-0.39, 0.29) is 32.8 Å². The maximum atomic E-state index is 12.7. The zero-order valence-corrected chi connectivity index (χ0v) is 13.6. The van der Waals surface area contributed by atoms with Crippen molar-refractivity contribution in [1.82, 2.24) is 0 Å². The highest BCUT2D eigenvalue weighted by molar-refractivity contribution is 7.91. The number of phenolic OH excluding ortho intramolecular Hbond substituents is 2. The summed E-state index contributed by atoms with van der Waals surface area (Å²) in [4.78, 5) is -0.0428. The molecule has 0 saturated carbocycles. The molecule has 0 aromatic heterocycles. The van der Waals surface area contributed by atoms with E-state index in [0.29, 0.717) is 13.2 Å². The van der Waals surface area contributed by atoms with Crippen molar-refractivity contribution in [2.45, 2.75) is 23.6 Å². The molecule has 2 aromatic carbocycles. The number of rotatable bonds is 6. The molecule has 0 atom stereocenters. The Kier molecular flexibility index (Phi) is 5.00. The molecule has 0 aliphatic rings. The van der Waals surface area contributed by atoms with Crippen LogP contribution < -0.4 is 9.47 Å². The van der Waals surface area contributed by atoms with E-state index in [1.54, 1.807) is 13.8 Å². The molecule has 2 rings (SSSR count). The summed E-state index contributed by atoms with van der Waals surface area (Å²) < 4.78 is 35.8. The van der Waals surface area contributed by atoms with Gasteiger partial charge in [-0.3, -0.25) is 0 Å². The molecule has 0 unspecified atom stereocenters. The number of hydrogen-bond donors (Lipinski definition) is 2. The topological polar surface area (TPSA) is 93.1 Å². The number of sulfone groups is 1. The number of phenols is 2. The van der Waals surface area contributed by atoms with Crippen LogP contribution in [0.1, 0.15) is 13.8 Å². The summed E-state index contributed by atoms with van der Waals surface area (Å²) >= 11 is 0. The number of ether oxygens (including phenoxy) is 2. The van der Waals surface area contributed by atoms with E-state index in [1.165, 1.54) is 36.4 Å². The van der Waals surface area contributed by atoms with E-state index in [0.717, 1.165) is 0 Å². The largest absolute Gasteiger partial charge is 0.504 e. The van der Waals surface area contributed by atoms with Crippen LogP contribution in [0.15, 0.2) is 46.2 Å². The van der Waals surface area contributed by atoms with Crippen molar-refractivity contribution < 1.29 is 28.1 Å². The molecule has 124 valence electrons. The van der Waals surface area contributed by atoms with Crippen molar-refractivity contribution in [2.75, 3.05) is 13.2 Å². The average molecular weight is 338 g/mol. The van der Waals surface area contributed by atoms with Gasteiger partial charge in [-0.2, -0.15) is 0 Å². The van der Waals surface area contributed by atoms with Gasteiger partial charge in [-0.25, -0.2) is 8.42 Å². The summed E-state index contributed by atoms with van der Waals surface area (Å²) in [5.74, 6) is -0.0761. The molecule has 0 fully saturated rings. The molecule has 0 heterocycles. The predicted molar refractivity (Wildman–Crippen MR) is 84.0 cm³/mol. The fraction of sp³-hybridized carbons (Fsp3) is 0.250. The fourth-order valence-corrected chi connectivity index (χ4v) is 3.29. The minimum atomic E-state index is -3.84. The van der Waals surface area contributed by atoms with Gasteiger partial charge >= 0.3 is 0 Å². The highest BCUT2D eigenvalue weighted by atomic mass is 32.2. The Morgan fingerprint density at radius 1 is 0.826 bits per heavy atom. The zero-order valence-electron chi connectivity index (χ0n) is 12.8. The first kappa shape index (κ1) is 17.0. The lowest BCUT2D eigenvalue weighted by molar-refractivity contribution is 0.316. The van der Waals surface area contributed by atoms with Crippen LogP contribution in [-0.4, -0.2) is 31.8 Å². The smallest absolute Gasteiger partial charge is 0.206 e. The summed E-state index contributed by atoms with van der Waals surface area (Å²) in [7, 11) is -3.84. The molecule has 2 N–H and O–H groups in total. The number of aromatic hydroxyl groups is 2. The van der Waals surface area contributed by atoms with E-state index in [2.05, 4.69) is 0 Å². The highest BCUT2D eigenvalue weighted by Gasteiger charge is 2.21. The molecular formula is C16H18O6S. The van der Waals surface area contributed by atoms with Gasteiger partial charge < -0.3 is 19.7 Å². The van der Waals surface area contributed by atoms with Crippen LogP contribution in [0.3, 0.4) is 0 Å². The van der Waals surface area contributed by atoms with Gasteiger partial charge in [0.15, 0.2) is 23.0 Å². The van der Waals surface area contributed by atoms with Crippen molar-refractivity contribution in [3.63, 3.8) is 0 Å². The molecule has 0 saturated heterocycles. The molecule has 0 aliphatic carbocycles. The normalized spacial score (nSPS) is 11.2. The minimum absolute atomic E-state index is 0.0214. The van der Waals surface area contributed by atoms with E-state index in [4.69, 9.17) is 9.47 Å². The predicted octanol–water partition coefficient (Wildman–Crippen LogP) is 2.73. The van der Waals surface area contributed by atoms with E-state index >= 15 is 0 Å². The van der Waals surface area contributed by atoms with E-state index in [1.807, 2.05) is 0 Å². The first-order valence-corrected chi connectivity index (χ1v) is 8.55. The van der Waals surface area contributed by atoms with Crippen molar-refractivity contribution >= 4 is 9.84 Å². The monoisotopic (exact) mass is 338 g/mol. The zero-order chi connectivity index (χ0) is 17.0. The maximum Gasteiger partial charge on any atom is 0.206 e. The lowest BCUT2D eigenvalue weighted by Crippen LogP contribution is -2.04. The van der Waals surface area contributed by atoms with Gasteiger partial charge in [0.25, 0.3) is 0 Å². The SMILES string of the molecule is CCOc1cc(S(=O)(=O)c2ccc(O)c(OCC)c2)ccc1O. The van der Waals surface area contributed by atoms with Gasteiger partial charge in [0.05, 0.1) is 23.0 Å². The molecule has 0 aliphatic heterocycles. The molecule has 0 amide bonds.